The number of benzene rings is 2. The molecule has 0 aliphatic carbocycles. The van der Waals surface area contributed by atoms with Crippen LogP contribution in [0.5, 0.6) is 11.5 Å². The van der Waals surface area contributed by atoms with Crippen molar-refractivity contribution in [3.8, 4) is 11.5 Å². The molecule has 2 rings (SSSR count). The van der Waals surface area contributed by atoms with Crippen LogP contribution in [-0.2, 0) is 13.2 Å². The van der Waals surface area contributed by atoms with Crippen LogP contribution < -0.4 is 20.1 Å². The van der Waals surface area contributed by atoms with Gasteiger partial charge in [-0.15, -0.1) is 0 Å². The van der Waals surface area contributed by atoms with Gasteiger partial charge < -0.3 is 25.2 Å². The molecular formula is C20H27ClN2O3. The smallest absolute Gasteiger partial charge is 0.166 e. The van der Waals surface area contributed by atoms with E-state index < -0.39 is 0 Å². The standard InChI is InChI=1S/C20H27ClN2O3/c1-25-19-13-18(21)12-17(14-23-9-5-8-22-10-11-24)20(19)26-15-16-6-3-2-4-7-16/h2-4,6-7,12-13,22-24H,5,8-11,14-15H2,1H3. The zero-order valence-corrected chi connectivity index (χ0v) is 15.9. The Bertz CT molecular complexity index is 653. The van der Waals surface area contributed by atoms with E-state index in [0.29, 0.717) is 36.2 Å². The summed E-state index contributed by atoms with van der Waals surface area (Å²) in [4.78, 5) is 0. The van der Waals surface area contributed by atoms with Crippen molar-refractivity contribution in [3.05, 3.63) is 58.6 Å². The van der Waals surface area contributed by atoms with Crippen LogP contribution in [0.1, 0.15) is 17.5 Å². The summed E-state index contributed by atoms with van der Waals surface area (Å²) in [5, 5.41) is 15.9. The highest BCUT2D eigenvalue weighted by molar-refractivity contribution is 6.30. The van der Waals surface area contributed by atoms with Gasteiger partial charge in [-0.05, 0) is 31.1 Å². The van der Waals surface area contributed by atoms with Gasteiger partial charge >= 0.3 is 0 Å². The van der Waals surface area contributed by atoms with Crippen molar-refractivity contribution >= 4 is 11.6 Å². The molecule has 2 aromatic rings. The molecule has 0 unspecified atom stereocenters. The molecule has 142 valence electrons. The SMILES string of the molecule is COc1cc(Cl)cc(CNCCCNCCO)c1OCc1ccccc1. The van der Waals surface area contributed by atoms with Gasteiger partial charge in [0.2, 0.25) is 0 Å². The van der Waals surface area contributed by atoms with Crippen LogP contribution in [0.2, 0.25) is 5.02 Å². The number of hydrogen-bond acceptors (Lipinski definition) is 5. The average Bonchev–Trinajstić information content (AvgIpc) is 2.66. The van der Waals surface area contributed by atoms with Crippen molar-refractivity contribution in [2.75, 3.05) is 33.4 Å². The third-order valence-electron chi connectivity index (χ3n) is 3.85. The Hall–Kier alpha value is -1.79. The van der Waals surface area contributed by atoms with Gasteiger partial charge in [-0.1, -0.05) is 41.9 Å². The fourth-order valence-electron chi connectivity index (χ4n) is 2.56. The summed E-state index contributed by atoms with van der Waals surface area (Å²) in [6.45, 7) is 3.62. The molecule has 0 saturated heterocycles. The maximum atomic E-state index is 8.74. The van der Waals surface area contributed by atoms with Crippen molar-refractivity contribution in [1.29, 1.82) is 0 Å². The number of halogens is 1. The van der Waals surface area contributed by atoms with E-state index in [1.54, 1.807) is 13.2 Å². The number of ether oxygens (including phenoxy) is 2. The van der Waals surface area contributed by atoms with E-state index in [4.69, 9.17) is 26.2 Å². The Morgan fingerprint density at radius 2 is 1.81 bits per heavy atom. The molecule has 5 nitrogen and oxygen atoms in total. The van der Waals surface area contributed by atoms with Gasteiger partial charge in [0.05, 0.1) is 13.7 Å². The van der Waals surface area contributed by atoms with Crippen molar-refractivity contribution in [3.63, 3.8) is 0 Å². The minimum Gasteiger partial charge on any atom is -0.493 e. The van der Waals surface area contributed by atoms with Gasteiger partial charge in [-0.25, -0.2) is 0 Å². The van der Waals surface area contributed by atoms with Crippen LogP contribution >= 0.6 is 11.6 Å². The van der Waals surface area contributed by atoms with Crippen molar-refractivity contribution in [1.82, 2.24) is 10.6 Å². The Labute approximate surface area is 160 Å². The fourth-order valence-corrected chi connectivity index (χ4v) is 2.80. The van der Waals surface area contributed by atoms with E-state index in [-0.39, 0.29) is 6.61 Å². The first-order valence-corrected chi connectivity index (χ1v) is 9.18. The predicted octanol–water partition coefficient (Wildman–Crippen LogP) is 2.99. The summed E-state index contributed by atoms with van der Waals surface area (Å²) in [7, 11) is 1.62. The predicted molar refractivity (Wildman–Crippen MR) is 105 cm³/mol. The van der Waals surface area contributed by atoms with E-state index in [9.17, 15) is 0 Å². The second kappa shape index (κ2) is 11.8. The van der Waals surface area contributed by atoms with E-state index in [2.05, 4.69) is 10.6 Å². The molecule has 26 heavy (non-hydrogen) atoms. The number of nitrogens with one attached hydrogen (secondary N) is 2. The van der Waals surface area contributed by atoms with Gasteiger partial charge in [-0.3, -0.25) is 0 Å². The third kappa shape index (κ3) is 6.84. The minimum atomic E-state index is 0.165. The molecule has 2 aromatic carbocycles. The first-order valence-electron chi connectivity index (χ1n) is 8.80. The molecule has 0 amide bonds. The lowest BCUT2D eigenvalue weighted by Gasteiger charge is -2.16. The van der Waals surface area contributed by atoms with Crippen LogP contribution in [-0.4, -0.2) is 38.5 Å². The van der Waals surface area contributed by atoms with Crippen molar-refractivity contribution in [2.24, 2.45) is 0 Å². The molecule has 0 fully saturated rings. The van der Waals surface area contributed by atoms with Gasteiger partial charge in [0, 0.05) is 29.7 Å². The molecule has 0 atom stereocenters. The molecule has 6 heteroatoms. The molecule has 0 radical (unpaired) electrons. The van der Waals surface area contributed by atoms with E-state index in [1.165, 1.54) is 0 Å². The van der Waals surface area contributed by atoms with E-state index >= 15 is 0 Å². The van der Waals surface area contributed by atoms with Gasteiger partial charge in [0.15, 0.2) is 11.5 Å². The van der Waals surface area contributed by atoms with Gasteiger partial charge in [0.1, 0.15) is 6.61 Å². The molecular weight excluding hydrogens is 352 g/mol. The first-order chi connectivity index (χ1) is 12.7. The summed E-state index contributed by atoms with van der Waals surface area (Å²) < 4.78 is 11.5. The Balaban J connectivity index is 1.96. The Morgan fingerprint density at radius 1 is 1.04 bits per heavy atom. The quantitative estimate of drug-likeness (QED) is 0.495. The lowest BCUT2D eigenvalue weighted by molar-refractivity contribution is 0.280. The normalized spacial score (nSPS) is 10.7. The minimum absolute atomic E-state index is 0.165. The maximum absolute atomic E-state index is 8.74. The highest BCUT2D eigenvalue weighted by Gasteiger charge is 2.13. The monoisotopic (exact) mass is 378 g/mol. The molecule has 0 spiro atoms. The fraction of sp³-hybridized carbons (Fsp3) is 0.400. The van der Waals surface area contributed by atoms with Crippen LogP contribution in [0, 0.1) is 0 Å². The largest absolute Gasteiger partial charge is 0.493 e. The van der Waals surface area contributed by atoms with E-state index in [0.717, 1.165) is 30.6 Å². The topological polar surface area (TPSA) is 62.8 Å². The lowest BCUT2D eigenvalue weighted by Crippen LogP contribution is -2.24. The molecule has 0 saturated carbocycles. The highest BCUT2D eigenvalue weighted by atomic mass is 35.5. The number of aliphatic hydroxyl groups excluding tert-OH is 1. The lowest BCUT2D eigenvalue weighted by atomic mass is 10.1. The Morgan fingerprint density at radius 3 is 2.54 bits per heavy atom. The molecule has 0 heterocycles. The zero-order chi connectivity index (χ0) is 18.6. The van der Waals surface area contributed by atoms with Crippen molar-refractivity contribution < 1.29 is 14.6 Å². The molecule has 0 aliphatic rings. The van der Waals surface area contributed by atoms with Gasteiger partial charge in [0.25, 0.3) is 0 Å². The summed E-state index contributed by atoms with van der Waals surface area (Å²) >= 11 is 6.22. The van der Waals surface area contributed by atoms with Gasteiger partial charge in [-0.2, -0.15) is 0 Å². The second-order valence-electron chi connectivity index (χ2n) is 5.87. The number of rotatable bonds is 12. The summed E-state index contributed by atoms with van der Waals surface area (Å²) in [6.07, 6.45) is 0.970. The summed E-state index contributed by atoms with van der Waals surface area (Å²) in [5.74, 6) is 1.35. The number of hydrogen-bond donors (Lipinski definition) is 3. The van der Waals surface area contributed by atoms with Crippen LogP contribution in [0.25, 0.3) is 0 Å². The van der Waals surface area contributed by atoms with Crippen LogP contribution in [0.4, 0.5) is 0 Å². The molecule has 0 aliphatic heterocycles. The van der Waals surface area contributed by atoms with Crippen LogP contribution in [0.3, 0.4) is 0 Å². The summed E-state index contributed by atoms with van der Waals surface area (Å²) in [6, 6.07) is 13.7. The maximum Gasteiger partial charge on any atom is 0.166 e. The molecule has 3 N–H and O–H groups in total. The third-order valence-corrected chi connectivity index (χ3v) is 4.07. The van der Waals surface area contributed by atoms with E-state index in [1.807, 2.05) is 36.4 Å². The summed E-state index contributed by atoms with van der Waals surface area (Å²) in [5.41, 5.74) is 2.06. The first kappa shape index (κ1) is 20.5. The zero-order valence-electron chi connectivity index (χ0n) is 15.1. The second-order valence-corrected chi connectivity index (χ2v) is 6.31. The van der Waals surface area contributed by atoms with Crippen LogP contribution in [0.15, 0.2) is 42.5 Å². The average molecular weight is 379 g/mol. The number of methoxy groups -OCH3 is 1. The molecule has 0 aromatic heterocycles. The highest BCUT2D eigenvalue weighted by Crippen LogP contribution is 2.35. The number of aliphatic hydroxyl groups is 1. The van der Waals surface area contributed by atoms with Crippen molar-refractivity contribution in [2.45, 2.75) is 19.6 Å². The Kier molecular flexibility index (Phi) is 9.28. The molecule has 0 bridgehead atoms.